The highest BCUT2D eigenvalue weighted by molar-refractivity contribution is 5.91. The summed E-state index contributed by atoms with van der Waals surface area (Å²) in [4.78, 5) is 19.4. The number of aromatic carboxylic acids is 1. The van der Waals surface area contributed by atoms with E-state index in [4.69, 9.17) is 5.11 Å². The third-order valence-electron chi connectivity index (χ3n) is 3.50. The molecule has 5 nitrogen and oxygen atoms in total. The molecule has 0 aliphatic carbocycles. The number of aryl methyl sites for hydroxylation is 1. The van der Waals surface area contributed by atoms with Gasteiger partial charge in [0.05, 0.1) is 11.1 Å². The first-order valence-corrected chi connectivity index (χ1v) is 7.01. The van der Waals surface area contributed by atoms with E-state index in [9.17, 15) is 4.79 Å². The zero-order valence-electron chi connectivity index (χ0n) is 12.1. The Morgan fingerprint density at radius 3 is 2.59 bits per heavy atom. The van der Waals surface area contributed by atoms with Crippen LogP contribution in [0.1, 0.15) is 22.8 Å². The fraction of sp³-hybridized carbons (Fsp3) is 0.118. The molecule has 0 saturated carbocycles. The van der Waals surface area contributed by atoms with Gasteiger partial charge in [-0.1, -0.05) is 13.0 Å². The second-order valence-electron chi connectivity index (χ2n) is 4.93. The van der Waals surface area contributed by atoms with Crippen molar-refractivity contribution >= 4 is 28.4 Å². The van der Waals surface area contributed by atoms with Gasteiger partial charge in [0.2, 0.25) is 0 Å². The van der Waals surface area contributed by atoms with Crippen molar-refractivity contribution in [1.82, 2.24) is 9.97 Å². The number of rotatable bonds is 4. The fourth-order valence-corrected chi connectivity index (χ4v) is 2.26. The Morgan fingerprint density at radius 1 is 1.14 bits per heavy atom. The Morgan fingerprint density at radius 2 is 1.91 bits per heavy atom. The second kappa shape index (κ2) is 5.81. The molecule has 22 heavy (non-hydrogen) atoms. The molecule has 0 fully saturated rings. The van der Waals surface area contributed by atoms with Crippen molar-refractivity contribution in [3.8, 4) is 0 Å². The molecule has 3 aromatic rings. The van der Waals surface area contributed by atoms with Gasteiger partial charge in [-0.05, 0) is 48.4 Å². The van der Waals surface area contributed by atoms with Crippen LogP contribution in [0, 0.1) is 0 Å². The molecule has 2 N–H and O–H groups in total. The number of aromatic nitrogens is 2. The van der Waals surface area contributed by atoms with Crippen LogP contribution in [0.4, 0.5) is 11.5 Å². The van der Waals surface area contributed by atoms with Gasteiger partial charge in [0.1, 0.15) is 12.1 Å². The van der Waals surface area contributed by atoms with E-state index in [1.165, 1.54) is 11.9 Å². The largest absolute Gasteiger partial charge is 0.478 e. The predicted molar refractivity (Wildman–Crippen MR) is 85.6 cm³/mol. The van der Waals surface area contributed by atoms with Gasteiger partial charge in [0.15, 0.2) is 0 Å². The highest BCUT2D eigenvalue weighted by Crippen LogP contribution is 2.24. The number of nitrogens with one attached hydrogen (secondary N) is 1. The predicted octanol–water partition coefficient (Wildman–Crippen LogP) is 3.63. The second-order valence-corrected chi connectivity index (χ2v) is 4.93. The third kappa shape index (κ3) is 2.74. The summed E-state index contributed by atoms with van der Waals surface area (Å²) in [5.74, 6) is -0.227. The quantitative estimate of drug-likeness (QED) is 0.768. The summed E-state index contributed by atoms with van der Waals surface area (Å²) < 4.78 is 0. The molecule has 0 spiro atoms. The molecule has 0 aliphatic heterocycles. The van der Waals surface area contributed by atoms with Crippen molar-refractivity contribution in [1.29, 1.82) is 0 Å². The number of hydrogen-bond acceptors (Lipinski definition) is 4. The number of fused-ring (bicyclic) bond motifs is 1. The maximum atomic E-state index is 10.9. The van der Waals surface area contributed by atoms with Gasteiger partial charge in [0.25, 0.3) is 0 Å². The summed E-state index contributed by atoms with van der Waals surface area (Å²) in [6, 6.07) is 12.7. The minimum absolute atomic E-state index is 0.256. The van der Waals surface area contributed by atoms with E-state index < -0.39 is 5.97 Å². The summed E-state index contributed by atoms with van der Waals surface area (Å²) in [5, 5.41) is 13.1. The highest BCUT2D eigenvalue weighted by Gasteiger charge is 2.06. The zero-order chi connectivity index (χ0) is 15.5. The molecule has 1 aromatic heterocycles. The van der Waals surface area contributed by atoms with Crippen molar-refractivity contribution in [2.45, 2.75) is 13.3 Å². The molecule has 5 heteroatoms. The lowest BCUT2D eigenvalue weighted by atomic mass is 10.1. The van der Waals surface area contributed by atoms with Crippen LogP contribution >= 0.6 is 0 Å². The molecule has 1 heterocycles. The lowest BCUT2D eigenvalue weighted by Crippen LogP contribution is -1.99. The van der Waals surface area contributed by atoms with Crippen LogP contribution in [0.5, 0.6) is 0 Å². The van der Waals surface area contributed by atoms with E-state index in [0.29, 0.717) is 5.82 Å². The summed E-state index contributed by atoms with van der Waals surface area (Å²) in [6.45, 7) is 2.10. The van der Waals surface area contributed by atoms with Crippen molar-refractivity contribution < 1.29 is 9.90 Å². The summed E-state index contributed by atoms with van der Waals surface area (Å²) in [5.41, 5.74) is 3.13. The van der Waals surface area contributed by atoms with Crippen LogP contribution < -0.4 is 5.32 Å². The first-order chi connectivity index (χ1) is 10.7. The number of anilines is 2. The Bertz CT molecular complexity index is 829. The van der Waals surface area contributed by atoms with Crippen molar-refractivity contribution in [3.05, 3.63) is 59.9 Å². The summed E-state index contributed by atoms with van der Waals surface area (Å²) in [7, 11) is 0. The molecule has 0 saturated heterocycles. The maximum absolute atomic E-state index is 10.9. The number of benzene rings is 2. The van der Waals surface area contributed by atoms with Crippen LogP contribution in [0.3, 0.4) is 0 Å². The van der Waals surface area contributed by atoms with Crippen molar-refractivity contribution in [2.24, 2.45) is 0 Å². The van der Waals surface area contributed by atoms with Crippen LogP contribution in [0.15, 0.2) is 48.8 Å². The van der Waals surface area contributed by atoms with Crippen molar-refractivity contribution in [3.63, 3.8) is 0 Å². The topological polar surface area (TPSA) is 75.1 Å². The molecule has 0 bridgehead atoms. The number of hydrogen-bond donors (Lipinski definition) is 2. The molecule has 0 atom stereocenters. The van der Waals surface area contributed by atoms with Gasteiger partial charge in [-0.25, -0.2) is 14.8 Å². The van der Waals surface area contributed by atoms with Crippen molar-refractivity contribution in [2.75, 3.05) is 5.32 Å². The Labute approximate surface area is 127 Å². The molecule has 0 aliphatic rings. The van der Waals surface area contributed by atoms with E-state index in [1.54, 1.807) is 24.3 Å². The van der Waals surface area contributed by atoms with Crippen LogP contribution in [0.2, 0.25) is 0 Å². The Kier molecular flexibility index (Phi) is 3.70. The minimum atomic E-state index is -0.938. The lowest BCUT2D eigenvalue weighted by Gasteiger charge is -2.09. The molecule has 2 aromatic carbocycles. The standard InChI is InChI=1S/C17H15N3O2/c1-2-11-3-8-15-14(9-11)16(19-10-18-15)20-13-6-4-12(5-7-13)17(21)22/h3-10H,2H2,1H3,(H,21,22)(H,18,19,20). The monoisotopic (exact) mass is 293 g/mol. The molecule has 3 rings (SSSR count). The SMILES string of the molecule is CCc1ccc2ncnc(Nc3ccc(C(=O)O)cc3)c2c1. The van der Waals surface area contributed by atoms with Gasteiger partial charge in [-0.15, -0.1) is 0 Å². The smallest absolute Gasteiger partial charge is 0.335 e. The van der Waals surface area contributed by atoms with Crippen LogP contribution in [0.25, 0.3) is 10.9 Å². The van der Waals surface area contributed by atoms with Gasteiger partial charge in [0, 0.05) is 11.1 Å². The lowest BCUT2D eigenvalue weighted by molar-refractivity contribution is 0.0697. The van der Waals surface area contributed by atoms with Gasteiger partial charge < -0.3 is 10.4 Å². The summed E-state index contributed by atoms with van der Waals surface area (Å²) in [6.07, 6.45) is 2.46. The van der Waals surface area contributed by atoms with Crippen LogP contribution in [-0.2, 0) is 6.42 Å². The number of carbonyl (C=O) groups is 1. The fourth-order valence-electron chi connectivity index (χ4n) is 2.26. The first kappa shape index (κ1) is 14.0. The first-order valence-electron chi connectivity index (χ1n) is 7.01. The van der Waals surface area contributed by atoms with E-state index >= 15 is 0 Å². The van der Waals surface area contributed by atoms with E-state index in [2.05, 4.69) is 34.3 Å². The molecule has 0 radical (unpaired) electrons. The average molecular weight is 293 g/mol. The van der Waals surface area contributed by atoms with Gasteiger partial charge >= 0.3 is 5.97 Å². The number of carboxylic acid groups (broad SMARTS) is 1. The Hall–Kier alpha value is -2.95. The normalized spacial score (nSPS) is 10.6. The zero-order valence-corrected chi connectivity index (χ0v) is 12.1. The molecule has 110 valence electrons. The molecule has 0 amide bonds. The van der Waals surface area contributed by atoms with E-state index in [0.717, 1.165) is 23.0 Å². The molecule has 0 unspecified atom stereocenters. The Balaban J connectivity index is 1.97. The van der Waals surface area contributed by atoms with Gasteiger partial charge in [-0.2, -0.15) is 0 Å². The molecular formula is C17H15N3O2. The van der Waals surface area contributed by atoms with Crippen LogP contribution in [-0.4, -0.2) is 21.0 Å². The van der Waals surface area contributed by atoms with Gasteiger partial charge in [-0.3, -0.25) is 0 Å². The number of carboxylic acids is 1. The average Bonchev–Trinajstić information content (AvgIpc) is 2.55. The maximum Gasteiger partial charge on any atom is 0.335 e. The minimum Gasteiger partial charge on any atom is -0.478 e. The highest BCUT2D eigenvalue weighted by atomic mass is 16.4. The van der Waals surface area contributed by atoms with E-state index in [-0.39, 0.29) is 5.56 Å². The molecular weight excluding hydrogens is 278 g/mol. The summed E-state index contributed by atoms with van der Waals surface area (Å²) >= 11 is 0. The third-order valence-corrected chi connectivity index (χ3v) is 3.50. The van der Waals surface area contributed by atoms with E-state index in [1.807, 2.05) is 6.07 Å². The number of nitrogens with zero attached hydrogens (tertiary/aromatic N) is 2.